The summed E-state index contributed by atoms with van der Waals surface area (Å²) in [5, 5.41) is 11.9. The molecule has 4 nitrogen and oxygen atoms in total. The number of hydrogen-bond donors (Lipinski definition) is 2. The van der Waals surface area contributed by atoms with Crippen LogP contribution in [0, 0.1) is 5.41 Å². The summed E-state index contributed by atoms with van der Waals surface area (Å²) in [4.78, 5) is 22.4. The van der Waals surface area contributed by atoms with Gasteiger partial charge in [0, 0.05) is 6.04 Å². The number of carbonyl (C=O) groups excluding carboxylic acids is 1. The van der Waals surface area contributed by atoms with Crippen molar-refractivity contribution in [3.05, 3.63) is 12.2 Å². The maximum Gasteiger partial charge on any atom is 0.311 e. The van der Waals surface area contributed by atoms with Crippen molar-refractivity contribution in [1.29, 1.82) is 0 Å². The maximum atomic E-state index is 11.3. The first-order chi connectivity index (χ1) is 7.00. The van der Waals surface area contributed by atoms with E-state index in [1.54, 1.807) is 19.9 Å². The number of amides is 1. The molecule has 2 N–H and O–H groups in total. The van der Waals surface area contributed by atoms with E-state index in [-0.39, 0.29) is 11.9 Å². The molecule has 0 spiro atoms. The van der Waals surface area contributed by atoms with Crippen LogP contribution in [0.25, 0.3) is 0 Å². The lowest BCUT2D eigenvalue weighted by Gasteiger charge is -2.27. The molecule has 0 bridgehead atoms. The fourth-order valence-corrected chi connectivity index (χ4v) is 2.02. The summed E-state index contributed by atoms with van der Waals surface area (Å²) in [5.74, 6) is -1.04. The van der Waals surface area contributed by atoms with Crippen molar-refractivity contribution < 1.29 is 14.7 Å². The third kappa shape index (κ3) is 2.37. The first kappa shape index (κ1) is 11.8. The Morgan fingerprint density at radius 3 is 2.73 bits per heavy atom. The number of carboxylic acids is 1. The van der Waals surface area contributed by atoms with Gasteiger partial charge in [0.2, 0.25) is 5.91 Å². The highest BCUT2D eigenvalue weighted by Gasteiger charge is 2.45. The Hall–Kier alpha value is -1.32. The highest BCUT2D eigenvalue weighted by molar-refractivity contribution is 5.88. The molecular weight excluding hydrogens is 194 g/mol. The van der Waals surface area contributed by atoms with E-state index in [1.165, 1.54) is 6.08 Å². The summed E-state index contributed by atoms with van der Waals surface area (Å²) < 4.78 is 0. The van der Waals surface area contributed by atoms with E-state index in [4.69, 9.17) is 5.11 Å². The molecule has 1 rings (SSSR count). The Labute approximate surface area is 89.4 Å². The smallest absolute Gasteiger partial charge is 0.311 e. The van der Waals surface area contributed by atoms with Gasteiger partial charge in [0.1, 0.15) is 0 Å². The molecule has 15 heavy (non-hydrogen) atoms. The standard InChI is InChI=1S/C11H17NO3/c1-3-5-9(13)12-8-6-4-7-11(8,2)10(14)15/h3,5,8H,4,6-7H2,1-2H3,(H,12,13)(H,14,15)/b5-3+. The number of nitrogens with one attached hydrogen (secondary N) is 1. The summed E-state index contributed by atoms with van der Waals surface area (Å²) in [6.45, 7) is 3.45. The second-order valence-corrected chi connectivity index (χ2v) is 4.18. The Morgan fingerprint density at radius 1 is 1.53 bits per heavy atom. The van der Waals surface area contributed by atoms with Crippen LogP contribution in [0.4, 0.5) is 0 Å². The van der Waals surface area contributed by atoms with Gasteiger partial charge in [0.05, 0.1) is 5.41 Å². The third-order valence-electron chi connectivity index (χ3n) is 3.08. The maximum absolute atomic E-state index is 11.3. The molecule has 0 saturated heterocycles. The van der Waals surface area contributed by atoms with E-state index in [1.807, 2.05) is 0 Å². The van der Waals surface area contributed by atoms with E-state index in [2.05, 4.69) is 5.32 Å². The number of rotatable bonds is 3. The van der Waals surface area contributed by atoms with Crippen LogP contribution in [0.15, 0.2) is 12.2 Å². The summed E-state index contributed by atoms with van der Waals surface area (Å²) in [7, 11) is 0. The van der Waals surface area contributed by atoms with E-state index in [0.717, 1.165) is 12.8 Å². The van der Waals surface area contributed by atoms with Crippen molar-refractivity contribution in [2.45, 2.75) is 39.2 Å². The van der Waals surface area contributed by atoms with Crippen LogP contribution in [0.5, 0.6) is 0 Å². The van der Waals surface area contributed by atoms with Gasteiger partial charge in [0.25, 0.3) is 0 Å². The fourth-order valence-electron chi connectivity index (χ4n) is 2.02. The number of aliphatic carboxylic acids is 1. The number of allylic oxidation sites excluding steroid dienone is 1. The molecule has 1 amide bonds. The molecule has 0 heterocycles. The molecule has 0 aromatic heterocycles. The molecule has 1 fully saturated rings. The average molecular weight is 211 g/mol. The van der Waals surface area contributed by atoms with Gasteiger partial charge < -0.3 is 10.4 Å². The summed E-state index contributed by atoms with van der Waals surface area (Å²) >= 11 is 0. The average Bonchev–Trinajstić information content (AvgIpc) is 2.50. The lowest BCUT2D eigenvalue weighted by atomic mass is 9.85. The Morgan fingerprint density at radius 2 is 2.20 bits per heavy atom. The predicted octanol–water partition coefficient (Wildman–Crippen LogP) is 1.32. The Bertz CT molecular complexity index is 298. The van der Waals surface area contributed by atoms with Gasteiger partial charge in [-0.25, -0.2) is 0 Å². The topological polar surface area (TPSA) is 66.4 Å². The van der Waals surface area contributed by atoms with Crippen molar-refractivity contribution in [2.24, 2.45) is 5.41 Å². The highest BCUT2D eigenvalue weighted by Crippen LogP contribution is 2.38. The van der Waals surface area contributed by atoms with E-state index in [9.17, 15) is 9.59 Å². The van der Waals surface area contributed by atoms with Gasteiger partial charge in [-0.15, -0.1) is 0 Å². The second-order valence-electron chi connectivity index (χ2n) is 4.18. The van der Waals surface area contributed by atoms with Crippen LogP contribution in [0.3, 0.4) is 0 Å². The van der Waals surface area contributed by atoms with Crippen molar-refractivity contribution in [2.75, 3.05) is 0 Å². The minimum atomic E-state index is -0.828. The molecule has 84 valence electrons. The van der Waals surface area contributed by atoms with E-state index >= 15 is 0 Å². The normalized spacial score (nSPS) is 30.7. The summed E-state index contributed by atoms with van der Waals surface area (Å²) in [5.41, 5.74) is -0.808. The van der Waals surface area contributed by atoms with Gasteiger partial charge in [-0.3, -0.25) is 9.59 Å². The van der Waals surface area contributed by atoms with Crippen LogP contribution in [-0.2, 0) is 9.59 Å². The molecule has 0 aromatic rings. The number of carbonyl (C=O) groups is 2. The van der Waals surface area contributed by atoms with Crippen molar-refractivity contribution >= 4 is 11.9 Å². The molecule has 1 aliphatic rings. The first-order valence-electron chi connectivity index (χ1n) is 5.17. The van der Waals surface area contributed by atoms with Crippen molar-refractivity contribution in [3.8, 4) is 0 Å². The minimum Gasteiger partial charge on any atom is -0.481 e. The molecule has 2 atom stereocenters. The largest absolute Gasteiger partial charge is 0.481 e. The van der Waals surface area contributed by atoms with Crippen LogP contribution < -0.4 is 5.32 Å². The SMILES string of the molecule is C/C=C/C(=O)NC1CCCC1(C)C(=O)O. The zero-order valence-electron chi connectivity index (χ0n) is 9.12. The van der Waals surface area contributed by atoms with Crippen LogP contribution >= 0.6 is 0 Å². The zero-order chi connectivity index (χ0) is 11.5. The molecular formula is C11H17NO3. The molecule has 2 unspecified atom stereocenters. The quantitative estimate of drug-likeness (QED) is 0.692. The monoisotopic (exact) mass is 211 g/mol. The van der Waals surface area contributed by atoms with Crippen LogP contribution in [-0.4, -0.2) is 23.0 Å². The molecule has 1 aliphatic carbocycles. The molecule has 0 aliphatic heterocycles. The number of hydrogen-bond acceptors (Lipinski definition) is 2. The summed E-state index contributed by atoms with van der Waals surface area (Å²) in [6, 6.07) is -0.251. The molecule has 0 aromatic carbocycles. The minimum absolute atomic E-state index is 0.211. The summed E-state index contributed by atoms with van der Waals surface area (Å²) in [6.07, 6.45) is 5.28. The predicted molar refractivity (Wildman–Crippen MR) is 56.3 cm³/mol. The lowest BCUT2D eigenvalue weighted by Crippen LogP contribution is -2.46. The zero-order valence-corrected chi connectivity index (χ0v) is 9.12. The van der Waals surface area contributed by atoms with E-state index < -0.39 is 11.4 Å². The first-order valence-corrected chi connectivity index (χ1v) is 5.17. The van der Waals surface area contributed by atoms with Crippen molar-refractivity contribution in [1.82, 2.24) is 5.32 Å². The molecule has 4 heteroatoms. The van der Waals surface area contributed by atoms with E-state index in [0.29, 0.717) is 6.42 Å². The second kappa shape index (κ2) is 4.47. The lowest BCUT2D eigenvalue weighted by molar-refractivity contribution is -0.148. The van der Waals surface area contributed by atoms with Gasteiger partial charge >= 0.3 is 5.97 Å². The van der Waals surface area contributed by atoms with Gasteiger partial charge in [-0.1, -0.05) is 12.5 Å². The fraction of sp³-hybridized carbons (Fsp3) is 0.636. The van der Waals surface area contributed by atoms with Crippen LogP contribution in [0.2, 0.25) is 0 Å². The number of carboxylic acid groups (broad SMARTS) is 1. The Kier molecular flexibility index (Phi) is 3.50. The van der Waals surface area contributed by atoms with Crippen LogP contribution in [0.1, 0.15) is 33.1 Å². The Balaban J connectivity index is 2.69. The highest BCUT2D eigenvalue weighted by atomic mass is 16.4. The van der Waals surface area contributed by atoms with Gasteiger partial charge in [-0.2, -0.15) is 0 Å². The molecule has 0 radical (unpaired) electrons. The van der Waals surface area contributed by atoms with Gasteiger partial charge in [0.15, 0.2) is 0 Å². The third-order valence-corrected chi connectivity index (χ3v) is 3.08. The molecule has 1 saturated carbocycles. The van der Waals surface area contributed by atoms with Gasteiger partial charge in [-0.05, 0) is 32.8 Å². The van der Waals surface area contributed by atoms with Crippen molar-refractivity contribution in [3.63, 3.8) is 0 Å².